The van der Waals surface area contributed by atoms with E-state index in [2.05, 4.69) is 65.6 Å². The van der Waals surface area contributed by atoms with E-state index in [0.717, 1.165) is 23.4 Å². The minimum absolute atomic E-state index is 0.0146. The van der Waals surface area contributed by atoms with Gasteiger partial charge in [0.15, 0.2) is 0 Å². The van der Waals surface area contributed by atoms with Gasteiger partial charge in [-0.25, -0.2) is 0 Å². The third-order valence-corrected chi connectivity index (χ3v) is 4.70. The van der Waals surface area contributed by atoms with Gasteiger partial charge in [-0.15, -0.1) is 0 Å². The van der Waals surface area contributed by atoms with Crippen molar-refractivity contribution in [1.82, 2.24) is 4.98 Å². The first-order valence-corrected chi connectivity index (χ1v) is 9.53. The van der Waals surface area contributed by atoms with Crippen molar-refractivity contribution < 1.29 is 0 Å². The summed E-state index contributed by atoms with van der Waals surface area (Å²) in [5.41, 5.74) is 5.37. The zero-order chi connectivity index (χ0) is 19.0. The van der Waals surface area contributed by atoms with E-state index in [4.69, 9.17) is 4.99 Å². The van der Waals surface area contributed by atoms with Crippen LogP contribution in [0.25, 0.3) is 0 Å². The molecule has 28 heavy (non-hydrogen) atoms. The van der Waals surface area contributed by atoms with Gasteiger partial charge in [-0.2, -0.15) is 0 Å². The van der Waals surface area contributed by atoms with Gasteiger partial charge in [0.1, 0.15) is 0 Å². The molecule has 0 amide bonds. The van der Waals surface area contributed by atoms with E-state index in [0.29, 0.717) is 0 Å². The van der Waals surface area contributed by atoms with Crippen molar-refractivity contribution in [3.05, 3.63) is 138 Å². The second kappa shape index (κ2) is 8.92. The van der Waals surface area contributed by atoms with Crippen LogP contribution >= 0.6 is 0 Å². The number of nitrogens with zero attached hydrogens (tertiary/aromatic N) is 2. The van der Waals surface area contributed by atoms with Crippen molar-refractivity contribution in [1.29, 1.82) is 0 Å². The summed E-state index contributed by atoms with van der Waals surface area (Å²) in [5, 5.41) is 0. The summed E-state index contributed by atoms with van der Waals surface area (Å²) >= 11 is 0. The van der Waals surface area contributed by atoms with Crippen molar-refractivity contribution in [3.63, 3.8) is 0 Å². The fourth-order valence-corrected chi connectivity index (χ4v) is 3.29. The lowest BCUT2D eigenvalue weighted by Crippen LogP contribution is -2.10. The fraction of sp³-hybridized carbons (Fsp3) is 0.0769. The van der Waals surface area contributed by atoms with Crippen LogP contribution in [-0.4, -0.2) is 10.7 Å². The Labute approximate surface area is 166 Å². The number of hydrogen-bond donors (Lipinski definition) is 0. The zero-order valence-corrected chi connectivity index (χ0v) is 15.6. The van der Waals surface area contributed by atoms with Gasteiger partial charge in [0, 0.05) is 11.8 Å². The molecule has 2 nitrogen and oxygen atoms in total. The van der Waals surface area contributed by atoms with Gasteiger partial charge in [0.25, 0.3) is 0 Å². The highest BCUT2D eigenvalue weighted by molar-refractivity contribution is 6.11. The number of hydrogen-bond acceptors (Lipinski definition) is 2. The van der Waals surface area contributed by atoms with E-state index in [-0.39, 0.29) is 6.04 Å². The van der Waals surface area contributed by atoms with Crippen molar-refractivity contribution in [2.45, 2.75) is 12.5 Å². The van der Waals surface area contributed by atoms with Gasteiger partial charge < -0.3 is 0 Å². The highest BCUT2D eigenvalue weighted by Gasteiger charge is 2.15. The molecule has 0 N–H and O–H groups in total. The second-order valence-corrected chi connectivity index (χ2v) is 6.67. The topological polar surface area (TPSA) is 25.2 Å². The largest absolute Gasteiger partial charge is 0.274 e. The monoisotopic (exact) mass is 362 g/mol. The summed E-state index contributed by atoms with van der Waals surface area (Å²) in [6.07, 6.45) is 2.66. The van der Waals surface area contributed by atoms with Gasteiger partial charge in [-0.3, -0.25) is 9.98 Å². The predicted octanol–water partition coefficient (Wildman–Crippen LogP) is 5.90. The Morgan fingerprint density at radius 3 is 1.93 bits per heavy atom. The first-order chi connectivity index (χ1) is 13.9. The molecule has 0 spiro atoms. The molecule has 0 aliphatic heterocycles. The molecule has 1 atom stereocenters. The van der Waals surface area contributed by atoms with E-state index in [1.807, 2.05) is 54.7 Å². The quantitative estimate of drug-likeness (QED) is 0.392. The number of rotatable bonds is 6. The summed E-state index contributed by atoms with van der Waals surface area (Å²) < 4.78 is 0. The molecule has 0 aliphatic carbocycles. The molecule has 0 radical (unpaired) electrons. The summed E-state index contributed by atoms with van der Waals surface area (Å²) in [5.74, 6) is 0. The average Bonchev–Trinajstić information content (AvgIpc) is 2.79. The fourth-order valence-electron chi connectivity index (χ4n) is 3.29. The Bertz CT molecular complexity index is 970. The van der Waals surface area contributed by atoms with Gasteiger partial charge in [0.2, 0.25) is 0 Å². The van der Waals surface area contributed by atoms with Crippen LogP contribution in [0.15, 0.2) is 120 Å². The molecule has 0 aliphatic rings. The molecule has 3 aromatic carbocycles. The summed E-state index contributed by atoms with van der Waals surface area (Å²) in [7, 11) is 0. The number of pyridine rings is 1. The Morgan fingerprint density at radius 1 is 0.679 bits per heavy atom. The van der Waals surface area contributed by atoms with E-state index in [1.165, 1.54) is 11.1 Å². The SMILES string of the molecule is c1ccc(CC(N=C(c2ccccc2)c2ccccn2)c2ccccc2)cc1. The van der Waals surface area contributed by atoms with E-state index < -0.39 is 0 Å². The van der Waals surface area contributed by atoms with Crippen LogP contribution in [0.5, 0.6) is 0 Å². The smallest absolute Gasteiger partial charge is 0.0910 e. The van der Waals surface area contributed by atoms with Crippen LogP contribution in [-0.2, 0) is 6.42 Å². The summed E-state index contributed by atoms with van der Waals surface area (Å²) in [6, 6.07) is 37.3. The maximum Gasteiger partial charge on any atom is 0.0910 e. The van der Waals surface area contributed by atoms with E-state index >= 15 is 0 Å². The molecule has 1 unspecified atom stereocenters. The number of aromatic nitrogens is 1. The Hall–Kier alpha value is -3.52. The lowest BCUT2D eigenvalue weighted by molar-refractivity contribution is 0.724. The Kier molecular flexibility index (Phi) is 5.69. The van der Waals surface area contributed by atoms with Gasteiger partial charge >= 0.3 is 0 Å². The lowest BCUT2D eigenvalue weighted by Gasteiger charge is -2.16. The Morgan fingerprint density at radius 2 is 1.29 bits per heavy atom. The minimum Gasteiger partial charge on any atom is -0.274 e. The highest BCUT2D eigenvalue weighted by Crippen LogP contribution is 2.25. The maximum atomic E-state index is 5.24. The molecule has 0 bridgehead atoms. The third-order valence-electron chi connectivity index (χ3n) is 4.70. The molecular weight excluding hydrogens is 340 g/mol. The second-order valence-electron chi connectivity index (χ2n) is 6.67. The molecule has 0 saturated carbocycles. The average molecular weight is 362 g/mol. The third kappa shape index (κ3) is 4.41. The molecular formula is C26H22N2. The summed E-state index contributed by atoms with van der Waals surface area (Å²) in [4.78, 5) is 9.81. The summed E-state index contributed by atoms with van der Waals surface area (Å²) in [6.45, 7) is 0. The maximum absolute atomic E-state index is 5.24. The van der Waals surface area contributed by atoms with Crippen LogP contribution in [0.2, 0.25) is 0 Å². The van der Waals surface area contributed by atoms with Gasteiger partial charge in [-0.05, 0) is 29.7 Å². The normalized spacial score (nSPS) is 12.5. The van der Waals surface area contributed by atoms with Gasteiger partial charge in [-0.1, -0.05) is 97.1 Å². The molecule has 4 rings (SSSR count). The van der Waals surface area contributed by atoms with Crippen LogP contribution < -0.4 is 0 Å². The lowest BCUT2D eigenvalue weighted by atomic mass is 9.98. The van der Waals surface area contributed by atoms with Gasteiger partial charge in [0.05, 0.1) is 17.4 Å². The minimum atomic E-state index is 0.0146. The molecule has 136 valence electrons. The molecule has 0 fully saturated rings. The van der Waals surface area contributed by atoms with Crippen LogP contribution in [0, 0.1) is 0 Å². The first kappa shape index (κ1) is 17.9. The van der Waals surface area contributed by atoms with E-state index in [9.17, 15) is 0 Å². The van der Waals surface area contributed by atoms with E-state index in [1.54, 1.807) is 0 Å². The van der Waals surface area contributed by atoms with Crippen molar-refractivity contribution in [2.75, 3.05) is 0 Å². The Balaban J connectivity index is 1.81. The van der Waals surface area contributed by atoms with Crippen molar-refractivity contribution in [3.8, 4) is 0 Å². The molecule has 4 aromatic rings. The molecule has 0 saturated heterocycles. The van der Waals surface area contributed by atoms with Crippen LogP contribution in [0.4, 0.5) is 0 Å². The predicted molar refractivity (Wildman–Crippen MR) is 116 cm³/mol. The molecule has 2 heteroatoms. The standard InChI is InChI=1S/C26H22N2/c1-4-12-21(13-5-1)20-25(22-14-6-2-7-15-22)28-26(23-16-8-3-9-17-23)24-18-10-11-19-27-24/h1-19,25H,20H2. The zero-order valence-electron chi connectivity index (χ0n) is 15.6. The van der Waals surface area contributed by atoms with Crippen LogP contribution in [0.3, 0.4) is 0 Å². The molecule has 1 heterocycles. The molecule has 1 aromatic heterocycles. The number of aliphatic imine (C=N–C) groups is 1. The van der Waals surface area contributed by atoms with Crippen molar-refractivity contribution >= 4 is 5.71 Å². The van der Waals surface area contributed by atoms with Crippen molar-refractivity contribution in [2.24, 2.45) is 4.99 Å². The first-order valence-electron chi connectivity index (χ1n) is 9.53. The number of benzene rings is 3. The highest BCUT2D eigenvalue weighted by atomic mass is 14.8. The van der Waals surface area contributed by atoms with Crippen LogP contribution in [0.1, 0.15) is 28.4 Å².